The van der Waals surface area contributed by atoms with Gasteiger partial charge in [0.1, 0.15) is 0 Å². The van der Waals surface area contributed by atoms with Gasteiger partial charge >= 0.3 is 6.18 Å². The maximum Gasteiger partial charge on any atom is 0.401 e. The maximum atomic E-state index is 12.4. The predicted molar refractivity (Wildman–Crippen MR) is 75.1 cm³/mol. The molecular weight excluding hydrogens is 283 g/mol. The van der Waals surface area contributed by atoms with Crippen molar-refractivity contribution in [3.8, 4) is 0 Å². The van der Waals surface area contributed by atoms with E-state index in [0.29, 0.717) is 39.3 Å². The largest absolute Gasteiger partial charge is 0.401 e. The zero-order valence-corrected chi connectivity index (χ0v) is 12.9. The smallest absolute Gasteiger partial charge is 0.375 e. The molecule has 2 fully saturated rings. The predicted octanol–water partition coefficient (Wildman–Crippen LogP) is 1.45. The molecule has 124 valence electrons. The van der Waals surface area contributed by atoms with E-state index < -0.39 is 12.7 Å². The summed E-state index contributed by atoms with van der Waals surface area (Å²) in [5.74, 6) is 0. The van der Waals surface area contributed by atoms with Gasteiger partial charge in [-0.3, -0.25) is 9.80 Å². The summed E-state index contributed by atoms with van der Waals surface area (Å²) in [6, 6.07) is 0. The number of halogens is 3. The lowest BCUT2D eigenvalue weighted by Gasteiger charge is -2.53. The van der Waals surface area contributed by atoms with E-state index in [1.54, 1.807) is 0 Å². The Morgan fingerprint density at radius 2 is 1.76 bits per heavy atom. The molecule has 0 saturated carbocycles. The summed E-state index contributed by atoms with van der Waals surface area (Å²) in [5.41, 5.74) is 5.68. The first kappa shape index (κ1) is 17.0. The maximum absolute atomic E-state index is 12.4. The summed E-state index contributed by atoms with van der Waals surface area (Å²) in [7, 11) is 0. The van der Waals surface area contributed by atoms with E-state index in [1.165, 1.54) is 4.90 Å². The van der Waals surface area contributed by atoms with E-state index in [1.807, 2.05) is 0 Å². The summed E-state index contributed by atoms with van der Waals surface area (Å²) >= 11 is 0. The fourth-order valence-corrected chi connectivity index (χ4v) is 3.66. The van der Waals surface area contributed by atoms with Crippen molar-refractivity contribution in [2.24, 2.45) is 5.73 Å². The van der Waals surface area contributed by atoms with Crippen molar-refractivity contribution in [2.75, 3.05) is 45.9 Å². The molecule has 4 nitrogen and oxygen atoms in total. The Balaban J connectivity index is 1.96. The van der Waals surface area contributed by atoms with E-state index in [9.17, 15) is 13.2 Å². The van der Waals surface area contributed by atoms with Gasteiger partial charge < -0.3 is 10.5 Å². The van der Waals surface area contributed by atoms with E-state index in [2.05, 4.69) is 18.7 Å². The average Bonchev–Trinajstić information content (AvgIpc) is 2.36. The molecule has 0 spiro atoms. The Hall–Kier alpha value is -0.370. The standard InChI is InChI=1S/C14H26F3N3O/c1-12(2)9-13(10-18,3-8-21-12)20-6-4-19(5-7-20)11-14(15,16)17/h3-11,18H2,1-2H3. The second-order valence-corrected chi connectivity index (χ2v) is 6.84. The van der Waals surface area contributed by atoms with Crippen LogP contribution in [-0.4, -0.2) is 73.0 Å². The van der Waals surface area contributed by atoms with Crippen LogP contribution in [0.3, 0.4) is 0 Å². The van der Waals surface area contributed by atoms with Gasteiger partial charge in [0.2, 0.25) is 0 Å². The first-order chi connectivity index (χ1) is 9.66. The fourth-order valence-electron chi connectivity index (χ4n) is 3.66. The van der Waals surface area contributed by atoms with Crippen LogP contribution in [0, 0.1) is 0 Å². The van der Waals surface area contributed by atoms with Gasteiger partial charge in [0.25, 0.3) is 0 Å². The highest BCUT2D eigenvalue weighted by molar-refractivity contribution is 5.00. The molecule has 0 aromatic heterocycles. The number of alkyl halides is 3. The number of nitrogens with two attached hydrogens (primary N) is 1. The number of hydrogen-bond donors (Lipinski definition) is 1. The number of piperazine rings is 1. The van der Waals surface area contributed by atoms with Gasteiger partial charge in [-0.05, 0) is 26.7 Å². The van der Waals surface area contributed by atoms with Crippen LogP contribution in [0.25, 0.3) is 0 Å². The second-order valence-electron chi connectivity index (χ2n) is 6.84. The van der Waals surface area contributed by atoms with Crippen molar-refractivity contribution in [2.45, 2.75) is 44.0 Å². The van der Waals surface area contributed by atoms with E-state index >= 15 is 0 Å². The number of nitrogens with zero attached hydrogens (tertiary/aromatic N) is 2. The lowest BCUT2D eigenvalue weighted by molar-refractivity contribution is -0.156. The average molecular weight is 309 g/mol. The highest BCUT2D eigenvalue weighted by Crippen LogP contribution is 2.36. The Kier molecular flexibility index (Phi) is 4.87. The van der Waals surface area contributed by atoms with Crippen molar-refractivity contribution in [1.82, 2.24) is 9.80 Å². The van der Waals surface area contributed by atoms with E-state index in [0.717, 1.165) is 12.8 Å². The van der Waals surface area contributed by atoms with Gasteiger partial charge in [-0.25, -0.2) is 0 Å². The Bertz CT molecular complexity index is 354. The van der Waals surface area contributed by atoms with Gasteiger partial charge in [-0.1, -0.05) is 0 Å². The minimum absolute atomic E-state index is 0.133. The molecule has 2 heterocycles. The minimum atomic E-state index is -4.12. The summed E-state index contributed by atoms with van der Waals surface area (Å²) in [4.78, 5) is 3.76. The summed E-state index contributed by atoms with van der Waals surface area (Å²) in [5, 5.41) is 0. The van der Waals surface area contributed by atoms with Crippen LogP contribution in [0.1, 0.15) is 26.7 Å². The molecule has 1 atom stereocenters. The van der Waals surface area contributed by atoms with Crippen LogP contribution in [0.2, 0.25) is 0 Å². The molecule has 0 aromatic rings. The lowest BCUT2D eigenvalue weighted by Crippen LogP contribution is -2.64. The number of hydrogen-bond acceptors (Lipinski definition) is 4. The molecule has 2 rings (SSSR count). The SMILES string of the molecule is CC1(C)CC(CN)(N2CCN(CC(F)(F)F)CC2)CCO1. The summed E-state index contributed by atoms with van der Waals surface area (Å²) in [6.45, 7) is 6.65. The van der Waals surface area contributed by atoms with Crippen molar-refractivity contribution >= 4 is 0 Å². The Labute approximate surface area is 124 Å². The molecule has 0 amide bonds. The molecule has 2 aliphatic heterocycles. The Morgan fingerprint density at radius 1 is 1.14 bits per heavy atom. The summed E-state index contributed by atoms with van der Waals surface area (Å²) < 4.78 is 43.1. The molecule has 0 aliphatic carbocycles. The van der Waals surface area contributed by atoms with Crippen molar-refractivity contribution < 1.29 is 17.9 Å². The molecule has 2 saturated heterocycles. The fraction of sp³-hybridized carbons (Fsp3) is 1.00. The van der Waals surface area contributed by atoms with Gasteiger partial charge in [0, 0.05) is 44.9 Å². The highest BCUT2D eigenvalue weighted by Gasteiger charge is 2.45. The Morgan fingerprint density at radius 3 is 2.24 bits per heavy atom. The van der Waals surface area contributed by atoms with Crippen LogP contribution in [-0.2, 0) is 4.74 Å². The van der Waals surface area contributed by atoms with Crippen molar-refractivity contribution in [3.05, 3.63) is 0 Å². The minimum Gasteiger partial charge on any atom is -0.375 e. The zero-order valence-electron chi connectivity index (χ0n) is 12.9. The normalized spacial score (nSPS) is 32.3. The molecule has 0 aromatic carbocycles. The van der Waals surface area contributed by atoms with Crippen LogP contribution < -0.4 is 5.73 Å². The highest BCUT2D eigenvalue weighted by atomic mass is 19.4. The van der Waals surface area contributed by atoms with E-state index in [-0.39, 0.29) is 11.1 Å². The van der Waals surface area contributed by atoms with Gasteiger partial charge in [-0.2, -0.15) is 13.2 Å². The first-order valence-corrected chi connectivity index (χ1v) is 7.54. The molecule has 2 aliphatic rings. The molecule has 21 heavy (non-hydrogen) atoms. The second kappa shape index (κ2) is 6.02. The molecule has 0 radical (unpaired) electrons. The van der Waals surface area contributed by atoms with Crippen LogP contribution in [0.4, 0.5) is 13.2 Å². The van der Waals surface area contributed by atoms with Crippen molar-refractivity contribution in [1.29, 1.82) is 0 Å². The van der Waals surface area contributed by atoms with E-state index in [4.69, 9.17) is 10.5 Å². The van der Waals surface area contributed by atoms with Crippen LogP contribution >= 0.6 is 0 Å². The first-order valence-electron chi connectivity index (χ1n) is 7.54. The third-order valence-electron chi connectivity index (χ3n) is 4.64. The molecule has 7 heteroatoms. The molecular formula is C14H26F3N3O. The molecule has 2 N–H and O–H groups in total. The molecule has 0 bridgehead atoms. The van der Waals surface area contributed by atoms with Gasteiger partial charge in [0.05, 0.1) is 12.1 Å². The topological polar surface area (TPSA) is 41.7 Å². The number of rotatable bonds is 3. The quantitative estimate of drug-likeness (QED) is 0.857. The molecule has 1 unspecified atom stereocenters. The van der Waals surface area contributed by atoms with Gasteiger partial charge in [-0.15, -0.1) is 0 Å². The summed E-state index contributed by atoms with van der Waals surface area (Å²) in [6.07, 6.45) is -2.43. The van der Waals surface area contributed by atoms with Crippen molar-refractivity contribution in [3.63, 3.8) is 0 Å². The van der Waals surface area contributed by atoms with Crippen LogP contribution in [0.5, 0.6) is 0 Å². The van der Waals surface area contributed by atoms with Crippen LogP contribution in [0.15, 0.2) is 0 Å². The number of ether oxygens (including phenoxy) is 1. The van der Waals surface area contributed by atoms with Gasteiger partial charge in [0.15, 0.2) is 0 Å². The lowest BCUT2D eigenvalue weighted by atomic mass is 9.79. The third-order valence-corrected chi connectivity index (χ3v) is 4.64. The zero-order chi connectivity index (χ0) is 15.7. The monoisotopic (exact) mass is 309 g/mol. The third kappa shape index (κ3) is 4.31.